The van der Waals surface area contributed by atoms with E-state index in [1.54, 1.807) is 19.0 Å². The Hall–Kier alpha value is -2.98. The number of amides is 3. The smallest absolute Gasteiger partial charge is 0.326 e. The molecule has 3 amide bonds. The summed E-state index contributed by atoms with van der Waals surface area (Å²) in [6.07, 6.45) is 2.69. The average molecular weight is 614 g/mol. The molecular formula is C34H55N5O5. The van der Waals surface area contributed by atoms with Gasteiger partial charge in [-0.15, -0.1) is 0 Å². The summed E-state index contributed by atoms with van der Waals surface area (Å²) in [7, 11) is 3.55. The largest absolute Gasteiger partial charge is 0.480 e. The highest BCUT2D eigenvalue weighted by Gasteiger charge is 2.44. The number of nitrogens with zero attached hydrogens (tertiary/aromatic N) is 3. The number of likely N-dealkylation sites (tertiary alicyclic amines) is 2. The molecule has 44 heavy (non-hydrogen) atoms. The number of rotatable bonds is 12. The highest BCUT2D eigenvalue weighted by atomic mass is 16.4. The van der Waals surface area contributed by atoms with Crippen LogP contribution in [0.5, 0.6) is 0 Å². The second kappa shape index (κ2) is 14.4. The van der Waals surface area contributed by atoms with Crippen LogP contribution >= 0.6 is 0 Å². The van der Waals surface area contributed by atoms with E-state index in [0.717, 1.165) is 12.0 Å². The van der Waals surface area contributed by atoms with Crippen LogP contribution in [-0.2, 0) is 24.6 Å². The summed E-state index contributed by atoms with van der Waals surface area (Å²) >= 11 is 0. The Balaban J connectivity index is 1.79. The molecule has 246 valence electrons. The summed E-state index contributed by atoms with van der Waals surface area (Å²) in [5.74, 6) is -1.41. The van der Waals surface area contributed by atoms with E-state index in [1.807, 2.05) is 65.0 Å². The number of carbonyl (C=O) groups is 4. The van der Waals surface area contributed by atoms with E-state index in [4.69, 9.17) is 0 Å². The van der Waals surface area contributed by atoms with Gasteiger partial charge in [-0.25, -0.2) is 4.79 Å². The Morgan fingerprint density at radius 3 is 2.09 bits per heavy atom. The van der Waals surface area contributed by atoms with Crippen molar-refractivity contribution < 1.29 is 24.3 Å². The summed E-state index contributed by atoms with van der Waals surface area (Å²) in [6, 6.07) is 7.14. The third-order valence-electron chi connectivity index (χ3n) is 9.70. The van der Waals surface area contributed by atoms with Crippen molar-refractivity contribution in [1.82, 2.24) is 25.3 Å². The zero-order valence-electron chi connectivity index (χ0n) is 28.2. The summed E-state index contributed by atoms with van der Waals surface area (Å²) in [5, 5.41) is 15.9. The van der Waals surface area contributed by atoms with Gasteiger partial charge < -0.3 is 25.5 Å². The third-order valence-corrected chi connectivity index (χ3v) is 9.70. The number of carboxylic acids is 1. The average Bonchev–Trinajstić information content (AvgIpc) is 3.64. The van der Waals surface area contributed by atoms with E-state index in [2.05, 4.69) is 29.4 Å². The highest BCUT2D eigenvalue weighted by Crippen LogP contribution is 2.30. The normalized spacial score (nSPS) is 21.6. The van der Waals surface area contributed by atoms with Gasteiger partial charge in [-0.2, -0.15) is 0 Å². The molecule has 0 spiro atoms. The molecule has 10 nitrogen and oxygen atoms in total. The fraction of sp³-hybridized carbons (Fsp3) is 0.706. The molecule has 2 saturated heterocycles. The predicted octanol–water partition coefficient (Wildman–Crippen LogP) is 3.11. The van der Waals surface area contributed by atoms with E-state index in [0.29, 0.717) is 38.9 Å². The summed E-state index contributed by atoms with van der Waals surface area (Å²) in [6.45, 7) is 15.7. The number of hydrogen-bond acceptors (Lipinski definition) is 6. The van der Waals surface area contributed by atoms with Crippen LogP contribution < -0.4 is 10.6 Å². The monoisotopic (exact) mass is 613 g/mol. The first-order valence-corrected chi connectivity index (χ1v) is 16.1. The van der Waals surface area contributed by atoms with Crippen molar-refractivity contribution in [3.8, 4) is 0 Å². The second-order valence-corrected chi connectivity index (χ2v) is 14.6. The van der Waals surface area contributed by atoms with Crippen molar-refractivity contribution in [3.63, 3.8) is 0 Å². The predicted molar refractivity (Wildman–Crippen MR) is 172 cm³/mol. The van der Waals surface area contributed by atoms with E-state index in [9.17, 15) is 24.3 Å². The lowest BCUT2D eigenvalue weighted by molar-refractivity contribution is -0.150. The number of nitrogens with one attached hydrogen (secondary N) is 2. The van der Waals surface area contributed by atoms with Crippen molar-refractivity contribution in [2.24, 2.45) is 11.3 Å². The van der Waals surface area contributed by atoms with Crippen LogP contribution in [-0.4, -0.2) is 107 Å². The first-order chi connectivity index (χ1) is 20.5. The number of benzene rings is 1. The minimum absolute atomic E-state index is 0.0808. The van der Waals surface area contributed by atoms with Crippen LogP contribution in [0.15, 0.2) is 30.3 Å². The molecule has 2 aliphatic heterocycles. The van der Waals surface area contributed by atoms with Gasteiger partial charge in [-0.05, 0) is 56.2 Å². The molecule has 1 aromatic rings. The molecule has 3 rings (SSSR count). The third kappa shape index (κ3) is 7.80. The maximum absolute atomic E-state index is 14.2. The van der Waals surface area contributed by atoms with Gasteiger partial charge >= 0.3 is 5.97 Å². The molecule has 0 aromatic heterocycles. The number of carbonyl (C=O) groups excluding carboxylic acids is 3. The number of carboxylic acid groups (broad SMARTS) is 1. The molecular weight excluding hydrogens is 558 g/mol. The van der Waals surface area contributed by atoms with Crippen molar-refractivity contribution in [1.29, 1.82) is 0 Å². The molecule has 2 fully saturated rings. The Morgan fingerprint density at radius 2 is 1.55 bits per heavy atom. The molecule has 1 aromatic carbocycles. The molecule has 0 saturated carbocycles. The molecule has 0 bridgehead atoms. The van der Waals surface area contributed by atoms with E-state index in [-0.39, 0.29) is 29.7 Å². The molecule has 10 heteroatoms. The molecule has 2 unspecified atom stereocenters. The van der Waals surface area contributed by atoms with Gasteiger partial charge in [0.05, 0.1) is 12.1 Å². The quantitative estimate of drug-likeness (QED) is 0.331. The lowest BCUT2D eigenvalue weighted by atomic mass is 9.76. The Morgan fingerprint density at radius 1 is 0.955 bits per heavy atom. The van der Waals surface area contributed by atoms with Gasteiger partial charge in [0.25, 0.3) is 0 Å². The second-order valence-electron chi connectivity index (χ2n) is 14.6. The van der Waals surface area contributed by atoms with Gasteiger partial charge in [-0.1, -0.05) is 78.8 Å². The first-order valence-electron chi connectivity index (χ1n) is 16.1. The molecule has 0 aliphatic carbocycles. The number of hydrogen-bond donors (Lipinski definition) is 3. The number of aliphatic carboxylic acids is 1. The molecule has 2 heterocycles. The SMILES string of the molecule is CN[C@H](C(=O)NC(C(=O)N(C)[C@H](CN1CCCC1C(=O)N1CCC[C@H]1C(=O)O)C(C)C)C(C)(C)C)C(C)(C)c1ccccc1. The standard InChI is InChI=1S/C34H55N5O5/c1-22(2)26(21-38-19-13-17-24(38)30(41)39-20-14-18-25(39)32(43)44)37(9)31(42)28(33(3,4)5)36-29(40)27(35-8)34(6,7)23-15-11-10-12-16-23/h10-12,15-16,22,24-28,35H,13-14,17-21H2,1-9H3,(H,36,40)(H,43,44)/t24?,25-,26+,27+,28?/m0/s1. The van der Waals surface area contributed by atoms with Gasteiger partial charge in [0, 0.05) is 31.6 Å². The maximum Gasteiger partial charge on any atom is 0.326 e. The molecule has 2 aliphatic rings. The Bertz CT molecular complexity index is 1160. The van der Waals surface area contributed by atoms with Gasteiger partial charge in [0.1, 0.15) is 12.1 Å². The van der Waals surface area contributed by atoms with E-state index < -0.39 is 41.0 Å². The van der Waals surface area contributed by atoms with Crippen LogP contribution in [0.3, 0.4) is 0 Å². The number of likely N-dealkylation sites (N-methyl/N-ethyl adjacent to an activating group) is 2. The fourth-order valence-corrected chi connectivity index (χ4v) is 6.92. The minimum Gasteiger partial charge on any atom is -0.480 e. The zero-order valence-corrected chi connectivity index (χ0v) is 28.2. The van der Waals surface area contributed by atoms with Crippen molar-refractivity contribution >= 4 is 23.7 Å². The van der Waals surface area contributed by atoms with Crippen molar-refractivity contribution in [2.75, 3.05) is 33.7 Å². The Labute approximate surface area is 263 Å². The van der Waals surface area contributed by atoms with Gasteiger partial charge in [0.2, 0.25) is 17.7 Å². The van der Waals surface area contributed by atoms with Crippen LogP contribution in [0.2, 0.25) is 0 Å². The van der Waals surface area contributed by atoms with Crippen LogP contribution in [0.25, 0.3) is 0 Å². The lowest BCUT2D eigenvalue weighted by Gasteiger charge is -2.41. The van der Waals surface area contributed by atoms with Crippen LogP contribution in [0, 0.1) is 11.3 Å². The Kier molecular flexibility index (Phi) is 11.6. The van der Waals surface area contributed by atoms with Crippen LogP contribution in [0.1, 0.15) is 79.7 Å². The highest BCUT2D eigenvalue weighted by molar-refractivity contribution is 5.91. The van der Waals surface area contributed by atoms with Gasteiger partial charge in [0.15, 0.2) is 0 Å². The van der Waals surface area contributed by atoms with Crippen molar-refractivity contribution in [2.45, 2.75) is 110 Å². The van der Waals surface area contributed by atoms with Crippen molar-refractivity contribution in [3.05, 3.63) is 35.9 Å². The zero-order chi connectivity index (χ0) is 33.0. The van der Waals surface area contributed by atoms with Gasteiger partial charge in [-0.3, -0.25) is 19.3 Å². The molecule has 3 N–H and O–H groups in total. The minimum atomic E-state index is -0.950. The first kappa shape index (κ1) is 35.5. The maximum atomic E-state index is 14.2. The summed E-state index contributed by atoms with van der Waals surface area (Å²) in [4.78, 5) is 58.8. The van der Waals surface area contributed by atoms with E-state index >= 15 is 0 Å². The topological polar surface area (TPSA) is 122 Å². The molecule has 0 radical (unpaired) electrons. The summed E-state index contributed by atoms with van der Waals surface area (Å²) < 4.78 is 0. The lowest BCUT2D eigenvalue weighted by Crippen LogP contribution is -2.62. The summed E-state index contributed by atoms with van der Waals surface area (Å²) in [5.41, 5.74) is -0.0844. The van der Waals surface area contributed by atoms with E-state index in [1.165, 1.54) is 4.90 Å². The fourth-order valence-electron chi connectivity index (χ4n) is 6.92. The molecule has 5 atom stereocenters. The van der Waals surface area contributed by atoms with Crippen LogP contribution in [0.4, 0.5) is 0 Å².